The molecule has 1 heterocycles. The molecule has 0 unspecified atom stereocenters. The Bertz CT molecular complexity index is 287. The third kappa shape index (κ3) is 3.24. The molecule has 0 radical (unpaired) electrons. The first kappa shape index (κ1) is 10.8. The summed E-state index contributed by atoms with van der Waals surface area (Å²) < 4.78 is 5.48. The van der Waals surface area contributed by atoms with Crippen molar-refractivity contribution in [3.8, 4) is 5.88 Å². The summed E-state index contributed by atoms with van der Waals surface area (Å²) in [6.45, 7) is 4.80. The van der Waals surface area contributed by atoms with Crippen LogP contribution in [0, 0.1) is 6.92 Å². The summed E-state index contributed by atoms with van der Waals surface area (Å²) in [5, 5.41) is 0. The molecule has 1 aromatic heterocycles. The highest BCUT2D eigenvalue weighted by atomic mass is 16.5. The van der Waals surface area contributed by atoms with Crippen molar-refractivity contribution in [2.45, 2.75) is 33.1 Å². The molecule has 0 aliphatic rings. The van der Waals surface area contributed by atoms with Crippen LogP contribution >= 0.6 is 0 Å². The average molecular weight is 194 g/mol. The molecule has 14 heavy (non-hydrogen) atoms. The first-order chi connectivity index (χ1) is 6.74. The third-order valence-electron chi connectivity index (χ3n) is 2.02. The van der Waals surface area contributed by atoms with Crippen LogP contribution in [-0.2, 0) is 0 Å². The average Bonchev–Trinajstić information content (AvgIpc) is 2.18. The van der Waals surface area contributed by atoms with Gasteiger partial charge in [0, 0.05) is 5.69 Å². The van der Waals surface area contributed by atoms with Gasteiger partial charge in [-0.1, -0.05) is 19.8 Å². The predicted octanol–water partition coefficient (Wildman–Crippen LogP) is 2.54. The van der Waals surface area contributed by atoms with Gasteiger partial charge in [0.1, 0.15) is 0 Å². The van der Waals surface area contributed by atoms with Gasteiger partial charge in [0.05, 0.1) is 12.3 Å². The number of nitrogen functional groups attached to an aromatic ring is 1. The number of rotatable bonds is 5. The number of hydrogen-bond donors (Lipinski definition) is 1. The van der Waals surface area contributed by atoms with Crippen molar-refractivity contribution in [2.24, 2.45) is 0 Å². The van der Waals surface area contributed by atoms with Gasteiger partial charge >= 0.3 is 0 Å². The van der Waals surface area contributed by atoms with E-state index in [1.165, 1.54) is 12.8 Å². The molecule has 1 aromatic rings. The third-order valence-corrected chi connectivity index (χ3v) is 2.02. The minimum Gasteiger partial charge on any atom is -0.476 e. The zero-order valence-corrected chi connectivity index (χ0v) is 8.92. The van der Waals surface area contributed by atoms with E-state index in [1.54, 1.807) is 0 Å². The summed E-state index contributed by atoms with van der Waals surface area (Å²) in [5.41, 5.74) is 7.27. The van der Waals surface area contributed by atoms with E-state index in [0.717, 1.165) is 12.1 Å². The number of ether oxygens (including phenoxy) is 1. The standard InChI is InChI=1S/C11H18N2O/c1-3-4-5-8-14-11-10(12)7-6-9(2)13-11/h6-7H,3-5,8,12H2,1-2H3. The fourth-order valence-electron chi connectivity index (χ4n) is 1.18. The minimum absolute atomic E-state index is 0.570. The highest BCUT2D eigenvalue weighted by Crippen LogP contribution is 2.18. The van der Waals surface area contributed by atoms with Crippen LogP contribution in [0.2, 0.25) is 0 Å². The molecule has 0 bridgehead atoms. The molecule has 0 fully saturated rings. The Morgan fingerprint density at radius 3 is 2.86 bits per heavy atom. The van der Waals surface area contributed by atoms with E-state index in [4.69, 9.17) is 10.5 Å². The lowest BCUT2D eigenvalue weighted by atomic mass is 10.3. The maximum Gasteiger partial charge on any atom is 0.237 e. The van der Waals surface area contributed by atoms with E-state index in [0.29, 0.717) is 18.2 Å². The Morgan fingerprint density at radius 1 is 1.36 bits per heavy atom. The summed E-state index contributed by atoms with van der Waals surface area (Å²) in [5.74, 6) is 0.570. The number of unbranched alkanes of at least 4 members (excludes halogenated alkanes) is 2. The number of aromatic nitrogens is 1. The zero-order chi connectivity index (χ0) is 10.4. The van der Waals surface area contributed by atoms with Crippen molar-refractivity contribution in [3.63, 3.8) is 0 Å². The summed E-state index contributed by atoms with van der Waals surface area (Å²) >= 11 is 0. The second kappa shape index (κ2) is 5.47. The van der Waals surface area contributed by atoms with Gasteiger partial charge in [-0.2, -0.15) is 0 Å². The Hall–Kier alpha value is -1.25. The summed E-state index contributed by atoms with van der Waals surface area (Å²) in [4.78, 5) is 4.22. The molecule has 3 nitrogen and oxygen atoms in total. The molecular formula is C11H18N2O. The van der Waals surface area contributed by atoms with Crippen molar-refractivity contribution >= 4 is 5.69 Å². The van der Waals surface area contributed by atoms with Gasteiger partial charge in [-0.3, -0.25) is 0 Å². The lowest BCUT2D eigenvalue weighted by Crippen LogP contribution is -2.02. The first-order valence-electron chi connectivity index (χ1n) is 5.10. The van der Waals surface area contributed by atoms with Crippen molar-refractivity contribution in [3.05, 3.63) is 17.8 Å². The van der Waals surface area contributed by atoms with Crippen LogP contribution < -0.4 is 10.5 Å². The van der Waals surface area contributed by atoms with Crippen LogP contribution in [0.15, 0.2) is 12.1 Å². The molecule has 0 saturated heterocycles. The van der Waals surface area contributed by atoms with Gasteiger partial charge < -0.3 is 10.5 Å². The number of aryl methyl sites for hydroxylation is 1. The number of hydrogen-bond acceptors (Lipinski definition) is 3. The van der Waals surface area contributed by atoms with Gasteiger partial charge in [-0.25, -0.2) is 4.98 Å². The molecule has 0 amide bonds. The molecule has 0 saturated carbocycles. The zero-order valence-electron chi connectivity index (χ0n) is 8.92. The van der Waals surface area contributed by atoms with E-state index in [9.17, 15) is 0 Å². The monoisotopic (exact) mass is 194 g/mol. The van der Waals surface area contributed by atoms with Crippen molar-refractivity contribution in [1.82, 2.24) is 4.98 Å². The predicted molar refractivity (Wildman–Crippen MR) is 58.4 cm³/mol. The number of nitrogens with zero attached hydrogens (tertiary/aromatic N) is 1. The quantitative estimate of drug-likeness (QED) is 0.733. The maximum absolute atomic E-state index is 5.72. The molecular weight excluding hydrogens is 176 g/mol. The fourth-order valence-corrected chi connectivity index (χ4v) is 1.18. The van der Waals surface area contributed by atoms with Crippen molar-refractivity contribution in [2.75, 3.05) is 12.3 Å². The molecule has 0 spiro atoms. The van der Waals surface area contributed by atoms with E-state index in [2.05, 4.69) is 11.9 Å². The molecule has 1 rings (SSSR count). The molecule has 78 valence electrons. The molecule has 0 aliphatic heterocycles. The number of anilines is 1. The lowest BCUT2D eigenvalue weighted by molar-refractivity contribution is 0.296. The van der Waals surface area contributed by atoms with Gasteiger partial charge in [-0.15, -0.1) is 0 Å². The summed E-state index contributed by atoms with van der Waals surface area (Å²) in [6, 6.07) is 3.71. The highest BCUT2D eigenvalue weighted by Gasteiger charge is 2.01. The minimum atomic E-state index is 0.570. The first-order valence-corrected chi connectivity index (χ1v) is 5.10. The van der Waals surface area contributed by atoms with Crippen LogP contribution in [0.4, 0.5) is 5.69 Å². The Balaban J connectivity index is 2.45. The van der Waals surface area contributed by atoms with Crippen LogP contribution in [0.25, 0.3) is 0 Å². The van der Waals surface area contributed by atoms with E-state index in [1.807, 2.05) is 19.1 Å². The summed E-state index contributed by atoms with van der Waals surface area (Å²) in [6.07, 6.45) is 3.44. The normalized spacial score (nSPS) is 10.1. The van der Waals surface area contributed by atoms with Crippen molar-refractivity contribution < 1.29 is 4.74 Å². The largest absolute Gasteiger partial charge is 0.476 e. The molecule has 0 aliphatic carbocycles. The van der Waals surface area contributed by atoms with E-state index < -0.39 is 0 Å². The van der Waals surface area contributed by atoms with Crippen LogP contribution in [-0.4, -0.2) is 11.6 Å². The second-order valence-electron chi connectivity index (χ2n) is 3.40. The number of pyridine rings is 1. The van der Waals surface area contributed by atoms with Crippen LogP contribution in [0.3, 0.4) is 0 Å². The van der Waals surface area contributed by atoms with Gasteiger partial charge in [0.2, 0.25) is 5.88 Å². The van der Waals surface area contributed by atoms with E-state index in [-0.39, 0.29) is 0 Å². The highest BCUT2D eigenvalue weighted by molar-refractivity contribution is 5.48. The molecule has 0 atom stereocenters. The van der Waals surface area contributed by atoms with Gasteiger partial charge in [0.15, 0.2) is 0 Å². The SMILES string of the molecule is CCCCCOc1nc(C)ccc1N. The molecule has 3 heteroatoms. The van der Waals surface area contributed by atoms with Gasteiger partial charge in [-0.05, 0) is 25.5 Å². The Kier molecular flexibility index (Phi) is 4.23. The lowest BCUT2D eigenvalue weighted by Gasteiger charge is -2.07. The Labute approximate surface area is 85.3 Å². The maximum atomic E-state index is 5.72. The Morgan fingerprint density at radius 2 is 2.14 bits per heavy atom. The smallest absolute Gasteiger partial charge is 0.237 e. The van der Waals surface area contributed by atoms with Crippen LogP contribution in [0.1, 0.15) is 31.9 Å². The molecule has 0 aromatic carbocycles. The fraction of sp³-hybridized carbons (Fsp3) is 0.545. The summed E-state index contributed by atoms with van der Waals surface area (Å²) in [7, 11) is 0. The topological polar surface area (TPSA) is 48.1 Å². The van der Waals surface area contributed by atoms with Crippen LogP contribution in [0.5, 0.6) is 5.88 Å². The molecule has 2 N–H and O–H groups in total. The second-order valence-corrected chi connectivity index (χ2v) is 3.40. The number of nitrogens with two attached hydrogens (primary N) is 1. The van der Waals surface area contributed by atoms with Crippen molar-refractivity contribution in [1.29, 1.82) is 0 Å². The van der Waals surface area contributed by atoms with Gasteiger partial charge in [0.25, 0.3) is 0 Å². The van der Waals surface area contributed by atoms with E-state index >= 15 is 0 Å².